The minimum atomic E-state index is -0.921. The molecule has 0 aromatic carbocycles. The third kappa shape index (κ3) is 0.711. The van der Waals surface area contributed by atoms with Crippen molar-refractivity contribution >= 4 is 5.78 Å². The molecule has 2 rings (SSSR count). The van der Waals surface area contributed by atoms with Crippen molar-refractivity contribution in [1.82, 2.24) is 0 Å². The Morgan fingerprint density at radius 3 is 3.20 bits per heavy atom. The van der Waals surface area contributed by atoms with Crippen LogP contribution >= 0.6 is 0 Å². The van der Waals surface area contributed by atoms with Crippen molar-refractivity contribution in [3.8, 4) is 0 Å². The first-order valence-electron chi connectivity index (χ1n) is 3.32. The maximum absolute atomic E-state index is 10.9. The van der Waals surface area contributed by atoms with E-state index in [1.54, 1.807) is 6.08 Å². The SMILES string of the molecule is O=C1C[C@H]2C=C[C@H](O2)[C@H]1O. The summed E-state index contributed by atoms with van der Waals surface area (Å²) in [6.07, 6.45) is 2.55. The van der Waals surface area contributed by atoms with Crippen molar-refractivity contribution in [1.29, 1.82) is 0 Å². The predicted molar refractivity (Wildman–Crippen MR) is 33.4 cm³/mol. The fourth-order valence-electron chi connectivity index (χ4n) is 1.32. The van der Waals surface area contributed by atoms with E-state index in [9.17, 15) is 4.79 Å². The lowest BCUT2D eigenvalue weighted by Crippen LogP contribution is -2.40. The Morgan fingerprint density at radius 2 is 2.40 bits per heavy atom. The maximum Gasteiger partial charge on any atom is 0.167 e. The van der Waals surface area contributed by atoms with Crippen LogP contribution in [0.15, 0.2) is 12.2 Å². The molecular formula is C7H8O3. The van der Waals surface area contributed by atoms with Gasteiger partial charge in [-0.15, -0.1) is 0 Å². The van der Waals surface area contributed by atoms with Crippen LogP contribution in [-0.4, -0.2) is 29.2 Å². The molecule has 2 heterocycles. The van der Waals surface area contributed by atoms with Crippen LogP contribution in [-0.2, 0) is 9.53 Å². The monoisotopic (exact) mass is 140 g/mol. The van der Waals surface area contributed by atoms with Gasteiger partial charge in [0.2, 0.25) is 0 Å². The molecule has 1 saturated heterocycles. The lowest BCUT2D eigenvalue weighted by Gasteiger charge is -2.23. The van der Waals surface area contributed by atoms with Gasteiger partial charge in [-0.2, -0.15) is 0 Å². The van der Waals surface area contributed by atoms with Gasteiger partial charge in [0.25, 0.3) is 0 Å². The first-order valence-corrected chi connectivity index (χ1v) is 3.32. The molecule has 0 saturated carbocycles. The Hall–Kier alpha value is -0.670. The van der Waals surface area contributed by atoms with Crippen LogP contribution in [0, 0.1) is 0 Å². The Morgan fingerprint density at radius 1 is 1.60 bits per heavy atom. The van der Waals surface area contributed by atoms with Crippen LogP contribution in [0.3, 0.4) is 0 Å². The number of carbonyl (C=O) groups is 1. The summed E-state index contributed by atoms with van der Waals surface area (Å²) in [4.78, 5) is 10.9. The van der Waals surface area contributed by atoms with Gasteiger partial charge >= 0.3 is 0 Å². The molecule has 2 aliphatic heterocycles. The number of rotatable bonds is 0. The molecular weight excluding hydrogens is 132 g/mol. The second kappa shape index (κ2) is 1.90. The highest BCUT2D eigenvalue weighted by Gasteiger charge is 2.37. The largest absolute Gasteiger partial charge is 0.382 e. The van der Waals surface area contributed by atoms with Crippen molar-refractivity contribution in [2.45, 2.75) is 24.7 Å². The van der Waals surface area contributed by atoms with Crippen LogP contribution in [0.5, 0.6) is 0 Å². The summed E-state index contributed by atoms with van der Waals surface area (Å²) in [6, 6.07) is 0. The molecule has 10 heavy (non-hydrogen) atoms. The van der Waals surface area contributed by atoms with Crippen molar-refractivity contribution in [2.75, 3.05) is 0 Å². The zero-order chi connectivity index (χ0) is 7.14. The van der Waals surface area contributed by atoms with E-state index < -0.39 is 6.10 Å². The van der Waals surface area contributed by atoms with Crippen molar-refractivity contribution in [3.63, 3.8) is 0 Å². The van der Waals surface area contributed by atoms with E-state index in [1.807, 2.05) is 6.08 Å². The summed E-state index contributed by atoms with van der Waals surface area (Å²) in [7, 11) is 0. The molecule has 2 bridgehead atoms. The second-order valence-electron chi connectivity index (χ2n) is 2.64. The van der Waals surface area contributed by atoms with Crippen LogP contribution in [0.1, 0.15) is 6.42 Å². The minimum absolute atomic E-state index is 0.0686. The highest BCUT2D eigenvalue weighted by Crippen LogP contribution is 2.24. The van der Waals surface area contributed by atoms with Crippen molar-refractivity contribution in [3.05, 3.63) is 12.2 Å². The van der Waals surface area contributed by atoms with Gasteiger partial charge in [-0.3, -0.25) is 4.79 Å². The van der Waals surface area contributed by atoms with E-state index in [4.69, 9.17) is 9.84 Å². The summed E-state index contributed by atoms with van der Waals surface area (Å²) in [5, 5.41) is 9.14. The third-order valence-electron chi connectivity index (χ3n) is 1.89. The molecule has 1 N–H and O–H groups in total. The Kier molecular flexibility index (Phi) is 1.16. The summed E-state index contributed by atoms with van der Waals surface area (Å²) in [5.74, 6) is -0.105. The van der Waals surface area contributed by atoms with Gasteiger partial charge in [0, 0.05) is 6.42 Å². The first-order chi connectivity index (χ1) is 4.77. The van der Waals surface area contributed by atoms with E-state index in [-0.39, 0.29) is 18.0 Å². The molecule has 0 aliphatic carbocycles. The van der Waals surface area contributed by atoms with E-state index in [1.165, 1.54) is 0 Å². The number of ether oxygens (including phenoxy) is 1. The quantitative estimate of drug-likeness (QED) is 0.467. The van der Waals surface area contributed by atoms with Gasteiger partial charge in [0.15, 0.2) is 5.78 Å². The average Bonchev–Trinajstić information content (AvgIpc) is 2.29. The van der Waals surface area contributed by atoms with Crippen LogP contribution in [0.4, 0.5) is 0 Å². The number of hydrogen-bond acceptors (Lipinski definition) is 3. The standard InChI is InChI=1S/C7H8O3/c8-5-3-4-1-2-6(10-4)7(5)9/h1-2,4,6-7,9H,3H2/t4-,6+,7+/m1/s1. The van der Waals surface area contributed by atoms with Crippen LogP contribution in [0.25, 0.3) is 0 Å². The Labute approximate surface area is 58.3 Å². The number of ketones is 1. The molecule has 3 atom stereocenters. The highest BCUT2D eigenvalue weighted by molar-refractivity contribution is 5.85. The average molecular weight is 140 g/mol. The number of aliphatic hydroxyl groups is 1. The molecule has 1 fully saturated rings. The van der Waals surface area contributed by atoms with E-state index in [2.05, 4.69) is 0 Å². The first kappa shape index (κ1) is 6.07. The summed E-state index contributed by atoms with van der Waals surface area (Å²) in [6.45, 7) is 0. The van der Waals surface area contributed by atoms with Crippen molar-refractivity contribution < 1.29 is 14.6 Å². The minimum Gasteiger partial charge on any atom is -0.382 e. The van der Waals surface area contributed by atoms with Gasteiger partial charge in [0.05, 0.1) is 6.10 Å². The molecule has 0 radical (unpaired) electrons. The molecule has 54 valence electrons. The highest BCUT2D eigenvalue weighted by atomic mass is 16.5. The molecule has 2 aliphatic rings. The molecule has 3 heteroatoms. The second-order valence-corrected chi connectivity index (χ2v) is 2.64. The van der Waals surface area contributed by atoms with Crippen LogP contribution in [0.2, 0.25) is 0 Å². The maximum atomic E-state index is 10.9. The Balaban J connectivity index is 2.23. The van der Waals surface area contributed by atoms with Gasteiger partial charge in [0.1, 0.15) is 12.2 Å². The molecule has 0 unspecified atom stereocenters. The zero-order valence-corrected chi connectivity index (χ0v) is 5.36. The molecule has 3 nitrogen and oxygen atoms in total. The Bertz CT molecular complexity index is 197. The summed E-state index contributed by atoms with van der Waals surface area (Å²) >= 11 is 0. The predicted octanol–water partition coefficient (Wildman–Crippen LogP) is -0.356. The summed E-state index contributed by atoms with van der Waals surface area (Å²) in [5.41, 5.74) is 0. The van der Waals surface area contributed by atoms with E-state index >= 15 is 0 Å². The zero-order valence-electron chi connectivity index (χ0n) is 5.36. The number of hydrogen-bond donors (Lipinski definition) is 1. The van der Waals surface area contributed by atoms with E-state index in [0.717, 1.165) is 0 Å². The molecule has 0 aromatic rings. The number of Topliss-reactive ketones (excluding diaryl/α,β-unsaturated/α-hetero) is 1. The normalized spacial score (nSPS) is 44.5. The van der Waals surface area contributed by atoms with Gasteiger partial charge in [-0.05, 0) is 0 Å². The lowest BCUT2D eigenvalue weighted by molar-refractivity contribution is -0.144. The van der Waals surface area contributed by atoms with Gasteiger partial charge < -0.3 is 9.84 Å². The van der Waals surface area contributed by atoms with Crippen LogP contribution < -0.4 is 0 Å². The summed E-state index contributed by atoms with van der Waals surface area (Å²) < 4.78 is 5.20. The molecule has 0 aromatic heterocycles. The molecule has 0 spiro atoms. The third-order valence-corrected chi connectivity index (χ3v) is 1.89. The number of fused-ring (bicyclic) bond motifs is 2. The van der Waals surface area contributed by atoms with E-state index in [0.29, 0.717) is 6.42 Å². The van der Waals surface area contributed by atoms with Gasteiger partial charge in [-0.1, -0.05) is 12.2 Å². The fraction of sp³-hybridized carbons (Fsp3) is 0.571. The fourth-order valence-corrected chi connectivity index (χ4v) is 1.32. The lowest BCUT2D eigenvalue weighted by atomic mass is 10.1. The van der Waals surface area contributed by atoms with Crippen molar-refractivity contribution in [2.24, 2.45) is 0 Å². The molecule has 0 amide bonds. The number of carbonyl (C=O) groups excluding carboxylic acids is 1. The van der Waals surface area contributed by atoms with Gasteiger partial charge in [-0.25, -0.2) is 0 Å². The smallest absolute Gasteiger partial charge is 0.167 e. The number of aliphatic hydroxyl groups excluding tert-OH is 1. The topological polar surface area (TPSA) is 46.5 Å².